The van der Waals surface area contributed by atoms with Crippen molar-refractivity contribution >= 4 is 37.0 Å². The first kappa shape index (κ1) is 34.3. The number of para-hydroxylation sites is 1. The number of hydrogen-bond donors (Lipinski definition) is 2. The maximum Gasteiger partial charge on any atom is 0.459 e. The Labute approximate surface area is 272 Å². The average Bonchev–Trinajstić information content (AvgIpc) is 3.61. The zero-order chi connectivity index (χ0) is 33.6. The van der Waals surface area contributed by atoms with Gasteiger partial charge in [0, 0.05) is 12.8 Å². The number of ether oxygens (including phenoxy) is 4. The van der Waals surface area contributed by atoms with E-state index < -0.39 is 62.7 Å². The van der Waals surface area contributed by atoms with E-state index in [2.05, 4.69) is 15.2 Å². The minimum absolute atomic E-state index is 0.0264. The number of anilines is 1. The molecule has 1 aliphatic heterocycles. The van der Waals surface area contributed by atoms with Crippen LogP contribution in [0.2, 0.25) is 0 Å². The number of nitrogens with zero attached hydrogens (tertiary/aromatic N) is 3. The molecule has 0 spiro atoms. The van der Waals surface area contributed by atoms with Gasteiger partial charge in [0.15, 0.2) is 18.0 Å². The Morgan fingerprint density at radius 2 is 1.74 bits per heavy atom. The molecule has 0 bridgehead atoms. The van der Waals surface area contributed by atoms with Crippen molar-refractivity contribution in [3.63, 3.8) is 0 Å². The summed E-state index contributed by atoms with van der Waals surface area (Å²) in [5.74, 6) is -1.02. The van der Waals surface area contributed by atoms with Crippen molar-refractivity contribution in [3.8, 4) is 5.75 Å². The lowest BCUT2D eigenvalue weighted by atomic mass is 9.86. The van der Waals surface area contributed by atoms with Gasteiger partial charge < -0.3 is 29.2 Å². The number of aromatic nitrogens is 3. The number of rotatable bonds is 15. The van der Waals surface area contributed by atoms with Gasteiger partial charge in [0.25, 0.3) is 0 Å². The fraction of sp³-hybridized carbons (Fsp3) is 0.516. The number of fused-ring (bicyclic) bond motifs is 1. The van der Waals surface area contributed by atoms with Crippen molar-refractivity contribution in [3.05, 3.63) is 54.5 Å². The molecule has 2 fully saturated rings. The quantitative estimate of drug-likeness (QED) is 0.134. The molecule has 5 rings (SSSR count). The summed E-state index contributed by atoms with van der Waals surface area (Å²) in [5.41, 5.74) is 6.96. The smallest absolute Gasteiger partial charge is 0.459 e. The van der Waals surface area contributed by atoms with Crippen molar-refractivity contribution in [2.24, 2.45) is 5.92 Å². The summed E-state index contributed by atoms with van der Waals surface area (Å²) < 4.78 is 50.7. The van der Waals surface area contributed by atoms with Crippen LogP contribution in [0, 0.1) is 5.92 Å². The second-order valence-electron chi connectivity index (χ2n) is 11.4. The lowest BCUT2D eigenvalue weighted by Crippen LogP contribution is -2.41. The normalized spacial score (nSPS) is 23.0. The highest BCUT2D eigenvalue weighted by atomic mass is 31.2. The number of nitrogens with one attached hydrogen (secondary N) is 1. The van der Waals surface area contributed by atoms with E-state index in [9.17, 15) is 18.9 Å². The second kappa shape index (κ2) is 15.2. The number of nitrogens with two attached hydrogens (primary N) is 1. The van der Waals surface area contributed by atoms with Gasteiger partial charge in [-0.3, -0.25) is 18.9 Å². The SMILES string of the molecule is CCC(=O)O[C@@H]1[C@H](OC(=O)CC)[C@@H](CO[P@](=O)(N[C@@H](C)C(=O)OCC2CCC2)Oc2ccccc2)O[C@H]1c1ccc2c(N)ncnn12. The standard InChI is InChI=1S/C31H40N5O10P/c1-4-25(37)44-28-24(43-27(29(28)45-26(38)5-2)22-14-15-23-30(32)33-18-34-36(22)23)17-42-47(40,46-21-12-7-6-8-13-21)35-19(3)31(39)41-16-20-10-9-11-20/h6-8,12-15,18-20,24,27-29H,4-5,9-11,16-17H2,1-3H3,(H,35,40)(H2,32,33,34)/t19-,24+,27-,28+,29-,47+/m0/s1. The third kappa shape index (κ3) is 8.28. The Hall–Kier alpha value is -4.04. The summed E-state index contributed by atoms with van der Waals surface area (Å²) in [7, 11) is -4.31. The molecule has 3 N–H and O–H groups in total. The largest absolute Gasteiger partial charge is 0.464 e. The zero-order valence-corrected chi connectivity index (χ0v) is 27.4. The lowest BCUT2D eigenvalue weighted by Gasteiger charge is -2.27. The molecule has 254 valence electrons. The highest BCUT2D eigenvalue weighted by molar-refractivity contribution is 7.52. The number of esters is 3. The third-order valence-corrected chi connectivity index (χ3v) is 9.64. The molecule has 47 heavy (non-hydrogen) atoms. The van der Waals surface area contributed by atoms with E-state index in [1.54, 1.807) is 56.3 Å². The van der Waals surface area contributed by atoms with Crippen molar-refractivity contribution < 1.29 is 46.9 Å². The molecule has 2 aliphatic rings. The van der Waals surface area contributed by atoms with E-state index in [-0.39, 0.29) is 31.0 Å². The predicted octanol–water partition coefficient (Wildman–Crippen LogP) is 3.92. The molecule has 6 atom stereocenters. The summed E-state index contributed by atoms with van der Waals surface area (Å²) in [4.78, 5) is 42.0. The van der Waals surface area contributed by atoms with E-state index in [1.807, 2.05) is 0 Å². The summed E-state index contributed by atoms with van der Waals surface area (Å²) in [6.07, 6.45) is 0.000611. The topological polar surface area (TPSA) is 192 Å². The monoisotopic (exact) mass is 673 g/mol. The molecule has 16 heteroatoms. The van der Waals surface area contributed by atoms with E-state index >= 15 is 0 Å². The van der Waals surface area contributed by atoms with Gasteiger partial charge in [-0.15, -0.1) is 0 Å². The molecule has 1 saturated heterocycles. The molecule has 3 aromatic rings. The highest BCUT2D eigenvalue weighted by Crippen LogP contribution is 2.47. The van der Waals surface area contributed by atoms with Crippen molar-refractivity contribution in [1.82, 2.24) is 19.7 Å². The Bertz CT molecular complexity index is 1600. The van der Waals surface area contributed by atoms with Crippen molar-refractivity contribution in [2.75, 3.05) is 18.9 Å². The van der Waals surface area contributed by atoms with Crippen LogP contribution < -0.4 is 15.3 Å². The summed E-state index contributed by atoms with van der Waals surface area (Å²) in [6.45, 7) is 4.56. The summed E-state index contributed by atoms with van der Waals surface area (Å²) in [6, 6.07) is 10.6. The van der Waals surface area contributed by atoms with Crippen LogP contribution in [-0.2, 0) is 42.4 Å². The molecule has 2 aromatic heterocycles. The van der Waals surface area contributed by atoms with Crippen molar-refractivity contribution in [1.29, 1.82) is 0 Å². The number of nitrogen functional groups attached to an aromatic ring is 1. The first-order valence-corrected chi connectivity index (χ1v) is 17.2. The molecular weight excluding hydrogens is 633 g/mol. The van der Waals surface area contributed by atoms with Crippen LogP contribution in [0.5, 0.6) is 5.75 Å². The van der Waals surface area contributed by atoms with Crippen LogP contribution >= 0.6 is 7.75 Å². The van der Waals surface area contributed by atoms with Crippen LogP contribution in [0.1, 0.15) is 64.7 Å². The molecule has 3 heterocycles. The molecular formula is C31H40N5O10P. The average molecular weight is 674 g/mol. The Kier molecular flexibility index (Phi) is 11.1. The van der Waals surface area contributed by atoms with Crippen LogP contribution in [0.3, 0.4) is 0 Å². The predicted molar refractivity (Wildman–Crippen MR) is 167 cm³/mol. The van der Waals surface area contributed by atoms with Gasteiger partial charge in [0.05, 0.1) is 18.9 Å². The molecule has 1 aliphatic carbocycles. The number of hydrogen-bond acceptors (Lipinski definition) is 13. The van der Waals surface area contributed by atoms with Gasteiger partial charge in [0.2, 0.25) is 0 Å². The van der Waals surface area contributed by atoms with E-state index in [4.69, 9.17) is 33.7 Å². The summed E-state index contributed by atoms with van der Waals surface area (Å²) >= 11 is 0. The van der Waals surface area contributed by atoms with Crippen LogP contribution in [0.15, 0.2) is 48.8 Å². The second-order valence-corrected chi connectivity index (χ2v) is 13.1. The molecule has 1 aromatic carbocycles. The summed E-state index contributed by atoms with van der Waals surface area (Å²) in [5, 5.41) is 6.94. The van der Waals surface area contributed by atoms with E-state index in [0.29, 0.717) is 17.1 Å². The van der Waals surface area contributed by atoms with Crippen molar-refractivity contribution in [2.45, 2.75) is 83.3 Å². The van der Waals surface area contributed by atoms with Gasteiger partial charge in [-0.25, -0.2) is 14.1 Å². The zero-order valence-electron chi connectivity index (χ0n) is 26.5. The molecule has 15 nitrogen and oxygen atoms in total. The number of carbonyl (C=O) groups is 3. The number of benzene rings is 1. The van der Waals surface area contributed by atoms with Gasteiger partial charge in [-0.2, -0.15) is 10.2 Å². The molecule has 0 unspecified atom stereocenters. The maximum atomic E-state index is 14.2. The van der Waals surface area contributed by atoms with Gasteiger partial charge in [-0.1, -0.05) is 38.5 Å². The van der Waals surface area contributed by atoms with E-state index in [1.165, 1.54) is 17.8 Å². The van der Waals surface area contributed by atoms with Gasteiger partial charge in [-0.05, 0) is 49.9 Å². The van der Waals surface area contributed by atoms with Gasteiger partial charge in [0.1, 0.15) is 35.8 Å². The first-order chi connectivity index (χ1) is 22.6. The minimum Gasteiger partial charge on any atom is -0.464 e. The van der Waals surface area contributed by atoms with E-state index in [0.717, 1.165) is 19.3 Å². The van der Waals surface area contributed by atoms with Gasteiger partial charge >= 0.3 is 25.7 Å². The Balaban J connectivity index is 1.41. The molecule has 1 saturated carbocycles. The van der Waals surface area contributed by atoms with Crippen LogP contribution in [0.25, 0.3) is 5.52 Å². The number of carbonyl (C=O) groups excluding carboxylic acids is 3. The maximum absolute atomic E-state index is 14.2. The van der Waals surface area contributed by atoms with Crippen LogP contribution in [0.4, 0.5) is 5.82 Å². The Morgan fingerprint density at radius 3 is 2.40 bits per heavy atom. The fourth-order valence-electron chi connectivity index (χ4n) is 5.19. The Morgan fingerprint density at radius 1 is 1.04 bits per heavy atom. The third-order valence-electron chi connectivity index (χ3n) is 7.99. The van der Waals surface area contributed by atoms with Crippen LogP contribution in [-0.4, -0.2) is 70.1 Å². The first-order valence-electron chi connectivity index (χ1n) is 15.7. The highest BCUT2D eigenvalue weighted by Gasteiger charge is 2.52. The fourth-order valence-corrected chi connectivity index (χ4v) is 6.69. The minimum atomic E-state index is -4.31. The molecule has 0 radical (unpaired) electrons. The lowest BCUT2D eigenvalue weighted by molar-refractivity contribution is -0.167. The molecule has 0 amide bonds.